The first kappa shape index (κ1) is 42.9. The fourth-order valence-electron chi connectivity index (χ4n) is 8.55. The van der Waals surface area contributed by atoms with Gasteiger partial charge < -0.3 is 8.98 Å². The molecule has 8 heteroatoms. The molecule has 57 heavy (non-hydrogen) atoms. The molecule has 0 atom stereocenters. The quantitative estimate of drug-likeness (QED) is 0.106. The van der Waals surface area contributed by atoms with E-state index >= 15 is 0 Å². The number of fused-ring (bicyclic) bond motifs is 4. The Balaban J connectivity index is 0.000000192. The predicted molar refractivity (Wildman–Crippen MR) is 237 cm³/mol. The Hall–Kier alpha value is -3.65. The Bertz CT molecular complexity index is 2450. The first-order chi connectivity index (χ1) is 26.8. The number of aryl methyl sites for hydroxylation is 1. The number of furan rings is 1. The molecule has 7 aromatic rings. The number of rotatable bonds is 9. The topological polar surface area (TPSA) is 69.6 Å². The molecule has 1 aliphatic rings. The molecule has 0 unspecified atom stereocenters. The van der Waals surface area contributed by atoms with E-state index in [0.29, 0.717) is 23.5 Å². The van der Waals surface area contributed by atoms with Crippen LogP contribution >= 0.6 is 0 Å². The Kier molecular flexibility index (Phi) is 13.6. The third kappa shape index (κ3) is 9.01. The number of hydrogen-bond donors (Lipinski definition) is 0. The van der Waals surface area contributed by atoms with Gasteiger partial charge in [0.15, 0.2) is 0 Å². The van der Waals surface area contributed by atoms with Crippen LogP contribution in [0.4, 0.5) is 0 Å². The van der Waals surface area contributed by atoms with Gasteiger partial charge in [-0.2, -0.15) is 0 Å². The maximum absolute atomic E-state index is 6.29. The van der Waals surface area contributed by atoms with Crippen LogP contribution in [0.1, 0.15) is 121 Å². The number of aromatic nitrogens is 5. The maximum atomic E-state index is 6.29. The van der Waals surface area contributed by atoms with Crippen molar-refractivity contribution in [3.8, 4) is 22.6 Å². The number of imidazole rings is 1. The van der Waals surface area contributed by atoms with Gasteiger partial charge in [-0.15, -0.1) is 17.7 Å². The van der Waals surface area contributed by atoms with Crippen molar-refractivity contribution in [1.82, 2.24) is 24.5 Å². The molecule has 301 valence electrons. The number of pyridine rings is 3. The summed E-state index contributed by atoms with van der Waals surface area (Å²) in [5.74, 6) is 10.3. The fraction of sp³-hybridized carbons (Fsp3) is 0.429. The molecule has 5 aromatic heterocycles. The zero-order chi connectivity index (χ0) is 39.7. The SMILES string of the molecule is CC(C)Cc1cc(-c2[c-]cc(C3CCCCC3)cc2)nc[c]1[Ge]([CH3])([CH3])[CH3].CCn1c(-c2[c-]cc(C(C)C)c3c2oc2ncccc23)nc2ccnc(C(C)C)c21.[Ir]. The smallest absolute Gasteiger partial charge is 0.216 e. The minimum Gasteiger partial charge on any atom is -0.486 e. The summed E-state index contributed by atoms with van der Waals surface area (Å²) in [5.41, 5.74) is 11.9. The Morgan fingerprint density at radius 2 is 1.65 bits per heavy atom. The Labute approximate surface area is 356 Å². The molecule has 5 heterocycles. The van der Waals surface area contributed by atoms with Crippen molar-refractivity contribution < 1.29 is 24.5 Å². The minimum absolute atomic E-state index is 0. The summed E-state index contributed by atoms with van der Waals surface area (Å²) >= 11 is -1.90. The van der Waals surface area contributed by atoms with Gasteiger partial charge in [-0.1, -0.05) is 44.6 Å². The van der Waals surface area contributed by atoms with E-state index in [-0.39, 0.29) is 20.1 Å². The first-order valence-electron chi connectivity index (χ1n) is 20.9. The molecule has 0 saturated heterocycles. The van der Waals surface area contributed by atoms with Crippen LogP contribution in [0.5, 0.6) is 0 Å². The van der Waals surface area contributed by atoms with Crippen molar-refractivity contribution in [2.45, 2.75) is 129 Å². The third-order valence-electron chi connectivity index (χ3n) is 11.4. The van der Waals surface area contributed by atoms with E-state index in [0.717, 1.165) is 74.6 Å². The Morgan fingerprint density at radius 1 is 0.877 bits per heavy atom. The molecule has 1 aliphatic carbocycles. The van der Waals surface area contributed by atoms with Crippen molar-refractivity contribution in [3.05, 3.63) is 102 Å². The summed E-state index contributed by atoms with van der Waals surface area (Å²) < 4.78 is 10.1. The van der Waals surface area contributed by atoms with Gasteiger partial charge in [-0.3, -0.25) is 9.97 Å². The largest absolute Gasteiger partial charge is 0.486 e. The third-order valence-corrected chi connectivity index (χ3v) is 15.7. The normalized spacial score (nSPS) is 13.8. The molecule has 0 amide bonds. The van der Waals surface area contributed by atoms with Gasteiger partial charge in [0.1, 0.15) is 0 Å². The van der Waals surface area contributed by atoms with Crippen LogP contribution < -0.4 is 4.40 Å². The summed E-state index contributed by atoms with van der Waals surface area (Å²) in [6.45, 7) is 16.3. The monoisotopic (exact) mass is 1000 g/mol. The number of hydrogen-bond acceptors (Lipinski definition) is 5. The molecular weight excluding hydrogens is 939 g/mol. The van der Waals surface area contributed by atoms with Crippen LogP contribution in [0.25, 0.3) is 55.7 Å². The van der Waals surface area contributed by atoms with Crippen LogP contribution in [0, 0.1) is 18.1 Å². The van der Waals surface area contributed by atoms with Crippen LogP contribution in [0.2, 0.25) is 17.3 Å². The number of nitrogens with zero attached hydrogens (tertiary/aromatic N) is 5. The molecule has 0 spiro atoms. The average molecular weight is 999 g/mol. The first-order valence-corrected chi connectivity index (χ1v) is 28.3. The molecule has 6 nitrogen and oxygen atoms in total. The minimum atomic E-state index is -1.90. The maximum Gasteiger partial charge on any atom is 0.216 e. The van der Waals surface area contributed by atoms with Crippen molar-refractivity contribution >= 4 is 50.8 Å². The van der Waals surface area contributed by atoms with Gasteiger partial charge in [0.2, 0.25) is 5.71 Å². The van der Waals surface area contributed by atoms with Crippen LogP contribution in [0.15, 0.2) is 71.5 Å². The van der Waals surface area contributed by atoms with Gasteiger partial charge in [0.25, 0.3) is 0 Å². The van der Waals surface area contributed by atoms with E-state index in [1.54, 1.807) is 10.6 Å². The summed E-state index contributed by atoms with van der Waals surface area (Å²) in [6, 6.07) is 24.3. The molecule has 1 fully saturated rings. The molecule has 0 bridgehead atoms. The van der Waals surface area contributed by atoms with E-state index < -0.39 is 13.3 Å². The summed E-state index contributed by atoms with van der Waals surface area (Å²) in [7, 11) is 0. The van der Waals surface area contributed by atoms with Gasteiger partial charge >= 0.3 is 163 Å². The van der Waals surface area contributed by atoms with Crippen LogP contribution in [-0.2, 0) is 33.1 Å². The van der Waals surface area contributed by atoms with Crippen LogP contribution in [-0.4, -0.2) is 37.8 Å². The van der Waals surface area contributed by atoms with Crippen molar-refractivity contribution in [3.63, 3.8) is 0 Å². The average Bonchev–Trinajstić information content (AvgIpc) is 3.76. The van der Waals surface area contributed by atoms with Crippen LogP contribution in [0.3, 0.4) is 0 Å². The molecule has 1 radical (unpaired) electrons. The van der Waals surface area contributed by atoms with E-state index in [4.69, 9.17) is 14.4 Å². The van der Waals surface area contributed by atoms with Gasteiger partial charge in [0, 0.05) is 44.4 Å². The summed E-state index contributed by atoms with van der Waals surface area (Å²) in [6.07, 6.45) is 13.8. The fourth-order valence-corrected chi connectivity index (χ4v) is 11.9. The Morgan fingerprint density at radius 3 is 2.30 bits per heavy atom. The van der Waals surface area contributed by atoms with Crippen molar-refractivity contribution in [1.29, 1.82) is 0 Å². The molecular formula is C49H59GeIrN5O-2. The predicted octanol–water partition coefficient (Wildman–Crippen LogP) is 12.8. The zero-order valence-electron chi connectivity index (χ0n) is 35.6. The van der Waals surface area contributed by atoms with Gasteiger partial charge in [-0.25, -0.2) is 4.98 Å². The summed E-state index contributed by atoms with van der Waals surface area (Å²) in [4.78, 5) is 19.0. The molecule has 0 aliphatic heterocycles. The van der Waals surface area contributed by atoms with E-state index in [1.807, 2.05) is 18.3 Å². The van der Waals surface area contributed by atoms with E-state index in [9.17, 15) is 0 Å². The van der Waals surface area contributed by atoms with E-state index in [2.05, 4.69) is 135 Å². The van der Waals surface area contributed by atoms with Gasteiger partial charge in [0.05, 0.1) is 28.1 Å². The standard InChI is InChI=1S/C25H25N4O.C24H34GeN.Ir/c1-6-29-22-19(11-13-26-21(22)15(4)5)28-24(29)18-10-9-16(14(2)3)20-17-8-7-12-27-25(17)30-23(18)20;1-18(2)15-22-16-24(26-17-23(22)25(3,4)5)21-13-11-20(12-14-21)19-9-7-6-8-10-19;/h7-9,11-15H,6H2,1-5H3;11-13,16-19H,6-10,15H2,1-5H3;/q2*-1;. The van der Waals surface area contributed by atoms with Gasteiger partial charge in [-0.05, 0) is 31.0 Å². The zero-order valence-corrected chi connectivity index (χ0v) is 40.1. The second-order valence-corrected chi connectivity index (χ2v) is 28.4. The second-order valence-electron chi connectivity index (χ2n) is 17.8. The van der Waals surface area contributed by atoms with Crippen molar-refractivity contribution in [2.75, 3.05) is 0 Å². The molecule has 0 N–H and O–H groups in total. The molecule has 1 saturated carbocycles. The second kappa shape index (κ2) is 18.1. The number of benzene rings is 2. The molecule has 8 rings (SSSR count). The van der Waals surface area contributed by atoms with E-state index in [1.165, 1.54) is 48.8 Å². The summed E-state index contributed by atoms with van der Waals surface area (Å²) in [5, 5.41) is 2.15. The van der Waals surface area contributed by atoms with Crippen molar-refractivity contribution in [2.24, 2.45) is 5.92 Å². The molecule has 2 aromatic carbocycles.